The van der Waals surface area contributed by atoms with E-state index in [0.29, 0.717) is 0 Å². The first-order valence-corrected chi connectivity index (χ1v) is 10.5. The van der Waals surface area contributed by atoms with Gasteiger partial charge in [-0.15, -0.1) is 0 Å². The van der Waals surface area contributed by atoms with Gasteiger partial charge < -0.3 is 16.4 Å². The molecule has 3 aromatic rings. The summed E-state index contributed by atoms with van der Waals surface area (Å²) in [6.07, 6.45) is 1.16. The fraction of sp³-hybridized carbons (Fsp3) is 0.250. The molecule has 1 amide bonds. The van der Waals surface area contributed by atoms with E-state index in [9.17, 15) is 13.2 Å². The van der Waals surface area contributed by atoms with Crippen LogP contribution in [0, 0.1) is 0 Å². The number of nitrogens with two attached hydrogens (primary N) is 1. The van der Waals surface area contributed by atoms with Crippen LogP contribution in [-0.2, 0) is 30.1 Å². The predicted molar refractivity (Wildman–Crippen MR) is 102 cm³/mol. The summed E-state index contributed by atoms with van der Waals surface area (Å²) in [5, 5.41) is 5.82. The van der Waals surface area contributed by atoms with E-state index < -0.39 is 15.7 Å². The number of aromatic nitrogens is 4. The second-order valence-electron chi connectivity index (χ2n) is 6.44. The minimum atomic E-state index is -3.34. The maximum absolute atomic E-state index is 12.5. The Balaban J connectivity index is 1.87. The lowest BCUT2D eigenvalue weighted by atomic mass is 10.3. The van der Waals surface area contributed by atoms with Gasteiger partial charge in [-0.05, 0) is 12.1 Å². The maximum atomic E-state index is 12.5. The Morgan fingerprint density at radius 2 is 2.04 bits per heavy atom. The van der Waals surface area contributed by atoms with Gasteiger partial charge >= 0.3 is 0 Å². The van der Waals surface area contributed by atoms with E-state index in [-0.39, 0.29) is 40.6 Å². The minimum absolute atomic E-state index is 0.0147. The van der Waals surface area contributed by atoms with Crippen molar-refractivity contribution in [3.63, 3.8) is 0 Å². The lowest BCUT2D eigenvalue weighted by molar-refractivity contribution is -0.654. The van der Waals surface area contributed by atoms with Crippen LogP contribution in [0.5, 0.6) is 0 Å². The number of halogens is 1. The van der Waals surface area contributed by atoms with Crippen LogP contribution in [0.4, 0.5) is 11.6 Å². The number of hydrogen-bond donors (Lipinski definition) is 3. The summed E-state index contributed by atoms with van der Waals surface area (Å²) < 4.78 is 27.6. The van der Waals surface area contributed by atoms with Crippen molar-refractivity contribution in [2.75, 3.05) is 17.3 Å². The van der Waals surface area contributed by atoms with Crippen LogP contribution in [0.2, 0.25) is 5.15 Å². The zero-order chi connectivity index (χ0) is 20.2. The standard InChI is InChI=1S/C16H16ClN7O3S/c1-23-10-5-8(28(2,26)27)3-4-9(10)24-7-20-15-12(16(25)19-6-11(23)24)21-13(17)14(18)22-15/h3-5H,6-7H2,1-2H3,(H3-,18,19,20,22,25)/p+1. The summed E-state index contributed by atoms with van der Waals surface area (Å²) >= 11 is 5.90. The van der Waals surface area contributed by atoms with Crippen LogP contribution in [0.3, 0.4) is 0 Å². The number of anilines is 2. The van der Waals surface area contributed by atoms with Gasteiger partial charge in [0.1, 0.15) is 6.54 Å². The molecule has 12 heteroatoms. The van der Waals surface area contributed by atoms with Crippen LogP contribution < -0.4 is 20.9 Å². The fourth-order valence-corrected chi connectivity index (χ4v) is 3.95. The maximum Gasteiger partial charge on any atom is 0.278 e. The van der Waals surface area contributed by atoms with Crippen LogP contribution in [0.1, 0.15) is 16.3 Å². The normalized spacial score (nSPS) is 14.3. The molecule has 0 bridgehead atoms. The van der Waals surface area contributed by atoms with Crippen LogP contribution in [-0.4, -0.2) is 35.1 Å². The molecule has 4 N–H and O–H groups in total. The summed E-state index contributed by atoms with van der Waals surface area (Å²) in [5.41, 5.74) is 7.29. The highest BCUT2D eigenvalue weighted by molar-refractivity contribution is 7.90. The monoisotopic (exact) mass is 422 g/mol. The Hall–Kier alpha value is -2.92. The molecule has 0 atom stereocenters. The molecule has 1 aromatic carbocycles. The molecule has 0 saturated carbocycles. The largest absolute Gasteiger partial charge is 0.381 e. The van der Waals surface area contributed by atoms with Crippen molar-refractivity contribution in [2.45, 2.75) is 18.1 Å². The lowest BCUT2D eigenvalue weighted by Crippen LogP contribution is -2.37. The predicted octanol–water partition coefficient (Wildman–Crippen LogP) is 0.208. The van der Waals surface area contributed by atoms with Gasteiger partial charge in [0.2, 0.25) is 0 Å². The first-order chi connectivity index (χ1) is 13.2. The van der Waals surface area contributed by atoms with Gasteiger partial charge in [0, 0.05) is 12.3 Å². The fourth-order valence-electron chi connectivity index (χ4n) is 3.19. The van der Waals surface area contributed by atoms with Crippen molar-refractivity contribution in [1.82, 2.24) is 19.9 Å². The number of nitrogens with one attached hydrogen (secondary N) is 2. The number of benzene rings is 1. The van der Waals surface area contributed by atoms with E-state index in [1.165, 1.54) is 0 Å². The van der Waals surface area contributed by atoms with Gasteiger partial charge in [-0.2, -0.15) is 0 Å². The third-order valence-electron chi connectivity index (χ3n) is 4.63. The van der Waals surface area contributed by atoms with E-state index in [1.54, 1.807) is 18.2 Å². The summed E-state index contributed by atoms with van der Waals surface area (Å²) in [6.45, 7) is 0.464. The third kappa shape index (κ3) is 2.92. The van der Waals surface area contributed by atoms with E-state index >= 15 is 0 Å². The molecule has 10 nitrogen and oxygen atoms in total. The quantitative estimate of drug-likeness (QED) is 0.477. The smallest absolute Gasteiger partial charge is 0.278 e. The number of hydrogen-bond acceptors (Lipinski definition) is 7. The number of nitrogen functional groups attached to an aromatic ring is 1. The number of fused-ring (bicyclic) bond motifs is 4. The van der Waals surface area contributed by atoms with Gasteiger partial charge in [-0.3, -0.25) is 4.79 Å². The zero-order valence-electron chi connectivity index (χ0n) is 15.0. The number of nitrogens with zero attached hydrogens (tertiary/aromatic N) is 4. The molecule has 3 heterocycles. The van der Waals surface area contributed by atoms with E-state index in [1.807, 2.05) is 16.2 Å². The average Bonchev–Trinajstić information content (AvgIpc) is 2.92. The molecule has 1 aliphatic rings. The highest BCUT2D eigenvalue weighted by Gasteiger charge is 2.28. The first-order valence-electron chi connectivity index (χ1n) is 8.23. The number of carbonyl (C=O) groups is 1. The number of amides is 1. The van der Waals surface area contributed by atoms with Crippen molar-refractivity contribution in [3.8, 4) is 0 Å². The number of aryl methyl sites for hydroxylation is 1. The summed E-state index contributed by atoms with van der Waals surface area (Å²) in [4.78, 5) is 20.9. The van der Waals surface area contributed by atoms with Crippen molar-refractivity contribution in [1.29, 1.82) is 0 Å². The van der Waals surface area contributed by atoms with Crippen molar-refractivity contribution in [3.05, 3.63) is 34.9 Å². The van der Waals surface area contributed by atoms with E-state index in [4.69, 9.17) is 17.3 Å². The molecule has 0 radical (unpaired) electrons. The molecular weight excluding hydrogens is 406 g/mol. The first kappa shape index (κ1) is 18.4. The topological polar surface area (TPSA) is 136 Å². The second-order valence-corrected chi connectivity index (χ2v) is 8.81. The highest BCUT2D eigenvalue weighted by Crippen LogP contribution is 2.23. The van der Waals surface area contributed by atoms with Crippen molar-refractivity contribution in [2.24, 2.45) is 7.05 Å². The Bertz CT molecular complexity index is 1250. The Kier molecular flexibility index (Phi) is 4.16. The number of imidazole rings is 1. The molecule has 4 rings (SSSR count). The SMILES string of the molecule is C[n+]1c2n(c3ccc(S(C)(=O)=O)cc31)CNc1nc(N)c(Cl)nc1C(=O)NC2. The van der Waals surface area contributed by atoms with Gasteiger partial charge in [0.15, 0.2) is 50.0 Å². The van der Waals surface area contributed by atoms with Crippen LogP contribution in [0.25, 0.3) is 11.0 Å². The summed E-state index contributed by atoms with van der Waals surface area (Å²) in [5.74, 6) is 0.534. The zero-order valence-corrected chi connectivity index (χ0v) is 16.6. The van der Waals surface area contributed by atoms with Crippen molar-refractivity contribution < 1.29 is 17.8 Å². The molecule has 0 aliphatic carbocycles. The summed E-state index contributed by atoms with van der Waals surface area (Å²) in [7, 11) is -1.53. The number of carbonyl (C=O) groups excluding carboxylic acids is 1. The number of rotatable bonds is 1. The Labute approximate surface area is 165 Å². The number of sulfone groups is 1. The molecule has 1 aliphatic heterocycles. The molecule has 0 spiro atoms. The third-order valence-corrected chi connectivity index (χ3v) is 6.02. The summed E-state index contributed by atoms with van der Waals surface area (Å²) in [6, 6.07) is 4.91. The highest BCUT2D eigenvalue weighted by atomic mass is 35.5. The molecular formula is C16H17ClN7O3S+. The molecule has 0 unspecified atom stereocenters. The molecule has 28 heavy (non-hydrogen) atoms. The minimum Gasteiger partial charge on any atom is -0.381 e. The lowest BCUT2D eigenvalue weighted by Gasteiger charge is -2.08. The molecule has 0 fully saturated rings. The van der Waals surface area contributed by atoms with E-state index in [0.717, 1.165) is 23.1 Å². The van der Waals surface area contributed by atoms with Crippen LogP contribution in [0.15, 0.2) is 23.1 Å². The second kappa shape index (κ2) is 6.31. The van der Waals surface area contributed by atoms with Gasteiger partial charge in [0.05, 0.1) is 11.9 Å². The van der Waals surface area contributed by atoms with Crippen molar-refractivity contribution >= 4 is 50.0 Å². The Morgan fingerprint density at radius 3 is 2.75 bits per heavy atom. The molecule has 146 valence electrons. The van der Waals surface area contributed by atoms with Crippen LogP contribution >= 0.6 is 11.6 Å². The average molecular weight is 423 g/mol. The van der Waals surface area contributed by atoms with E-state index in [2.05, 4.69) is 20.6 Å². The van der Waals surface area contributed by atoms with Gasteiger partial charge in [-0.1, -0.05) is 11.6 Å². The Morgan fingerprint density at radius 1 is 1.29 bits per heavy atom. The molecule has 0 saturated heterocycles. The van der Waals surface area contributed by atoms with Gasteiger partial charge in [0.25, 0.3) is 11.7 Å². The molecule has 2 aromatic heterocycles. The van der Waals surface area contributed by atoms with Gasteiger partial charge in [-0.25, -0.2) is 27.5 Å².